The van der Waals surface area contributed by atoms with Crippen molar-refractivity contribution < 1.29 is 19.1 Å². The van der Waals surface area contributed by atoms with Crippen molar-refractivity contribution in [2.45, 2.75) is 26.8 Å². The van der Waals surface area contributed by atoms with Crippen molar-refractivity contribution in [3.8, 4) is 11.5 Å². The van der Waals surface area contributed by atoms with Crippen LogP contribution in [0.3, 0.4) is 0 Å². The molecule has 1 aromatic carbocycles. The summed E-state index contributed by atoms with van der Waals surface area (Å²) in [5, 5.41) is 0. The summed E-state index contributed by atoms with van der Waals surface area (Å²) in [6.45, 7) is 5.28. The second-order valence-electron chi connectivity index (χ2n) is 4.81. The number of ketones is 1. The van der Waals surface area contributed by atoms with Crippen LogP contribution in [0.25, 0.3) is 0 Å². The number of nitrogens with zero attached hydrogens (tertiary/aromatic N) is 1. The topological polar surface area (TPSA) is 55.8 Å². The zero-order valence-corrected chi connectivity index (χ0v) is 12.6. The first-order chi connectivity index (χ1) is 9.36. The first kappa shape index (κ1) is 16.0. The summed E-state index contributed by atoms with van der Waals surface area (Å²) in [7, 11) is 3.22. The molecule has 0 aliphatic rings. The summed E-state index contributed by atoms with van der Waals surface area (Å²) in [6.07, 6.45) is 0. The Labute approximate surface area is 119 Å². The Morgan fingerprint density at radius 1 is 1.25 bits per heavy atom. The number of carbonyl (C=O) groups is 2. The average Bonchev–Trinajstić information content (AvgIpc) is 2.43. The van der Waals surface area contributed by atoms with Crippen LogP contribution in [0.2, 0.25) is 0 Å². The third-order valence-corrected chi connectivity index (χ3v) is 3.09. The largest absolute Gasteiger partial charge is 0.493 e. The Hall–Kier alpha value is -2.04. The fraction of sp³-hybridized carbons (Fsp3) is 0.467. The maximum atomic E-state index is 11.8. The van der Waals surface area contributed by atoms with Crippen molar-refractivity contribution in [2.24, 2.45) is 0 Å². The van der Waals surface area contributed by atoms with Crippen molar-refractivity contribution in [3.63, 3.8) is 0 Å². The highest BCUT2D eigenvalue weighted by Crippen LogP contribution is 2.28. The lowest BCUT2D eigenvalue weighted by Crippen LogP contribution is -2.36. The molecule has 0 radical (unpaired) electrons. The molecule has 1 amide bonds. The van der Waals surface area contributed by atoms with Gasteiger partial charge >= 0.3 is 0 Å². The lowest BCUT2D eigenvalue weighted by Gasteiger charge is -2.21. The van der Waals surface area contributed by atoms with E-state index in [1.54, 1.807) is 30.1 Å². The number of rotatable bonds is 6. The summed E-state index contributed by atoms with van der Waals surface area (Å²) in [5.74, 6) is 0.726. The number of ether oxygens (including phenoxy) is 2. The van der Waals surface area contributed by atoms with E-state index >= 15 is 0 Å². The standard InChI is InChI=1S/C15H21NO4/c1-10(2)16(4)15(18)9-20-13-7-6-12(11(3)17)8-14(13)19-5/h6-8,10H,9H2,1-5H3. The van der Waals surface area contributed by atoms with Crippen molar-refractivity contribution in [1.29, 1.82) is 0 Å². The molecule has 5 nitrogen and oxygen atoms in total. The first-order valence-corrected chi connectivity index (χ1v) is 6.44. The van der Waals surface area contributed by atoms with Crippen LogP contribution in [0.5, 0.6) is 11.5 Å². The van der Waals surface area contributed by atoms with Gasteiger partial charge in [-0.2, -0.15) is 0 Å². The number of methoxy groups -OCH3 is 1. The number of carbonyl (C=O) groups excluding carboxylic acids is 2. The van der Waals surface area contributed by atoms with E-state index in [0.29, 0.717) is 17.1 Å². The van der Waals surface area contributed by atoms with Crippen LogP contribution < -0.4 is 9.47 Å². The summed E-state index contributed by atoms with van der Waals surface area (Å²) in [4.78, 5) is 24.7. The summed E-state index contributed by atoms with van der Waals surface area (Å²) in [5.41, 5.74) is 0.542. The molecule has 0 fully saturated rings. The molecule has 0 aromatic heterocycles. The molecule has 0 aliphatic carbocycles. The van der Waals surface area contributed by atoms with E-state index in [-0.39, 0.29) is 24.3 Å². The van der Waals surface area contributed by atoms with Gasteiger partial charge in [0.2, 0.25) is 0 Å². The highest BCUT2D eigenvalue weighted by Gasteiger charge is 2.14. The predicted molar refractivity (Wildman–Crippen MR) is 76.4 cm³/mol. The van der Waals surface area contributed by atoms with E-state index in [2.05, 4.69) is 0 Å². The van der Waals surface area contributed by atoms with Gasteiger partial charge in [-0.05, 0) is 39.0 Å². The Morgan fingerprint density at radius 3 is 2.40 bits per heavy atom. The fourth-order valence-corrected chi connectivity index (χ4v) is 1.54. The number of benzene rings is 1. The Bertz CT molecular complexity index is 497. The smallest absolute Gasteiger partial charge is 0.260 e. The maximum Gasteiger partial charge on any atom is 0.260 e. The van der Waals surface area contributed by atoms with E-state index in [4.69, 9.17) is 9.47 Å². The van der Waals surface area contributed by atoms with Crippen molar-refractivity contribution in [3.05, 3.63) is 23.8 Å². The molecule has 0 N–H and O–H groups in total. The SMILES string of the molecule is COc1cc(C(C)=O)ccc1OCC(=O)N(C)C(C)C. The molecule has 0 bridgehead atoms. The molecule has 0 saturated carbocycles. The van der Waals surface area contributed by atoms with Gasteiger partial charge in [0.1, 0.15) is 0 Å². The minimum absolute atomic E-state index is 0.0505. The second kappa shape index (κ2) is 6.93. The highest BCUT2D eigenvalue weighted by atomic mass is 16.5. The van der Waals surface area contributed by atoms with Gasteiger partial charge in [-0.1, -0.05) is 0 Å². The summed E-state index contributed by atoms with van der Waals surface area (Å²) >= 11 is 0. The van der Waals surface area contributed by atoms with E-state index in [0.717, 1.165) is 0 Å². The third-order valence-electron chi connectivity index (χ3n) is 3.09. The van der Waals surface area contributed by atoms with E-state index in [1.165, 1.54) is 14.0 Å². The van der Waals surface area contributed by atoms with Gasteiger partial charge in [0, 0.05) is 18.7 Å². The first-order valence-electron chi connectivity index (χ1n) is 6.44. The second-order valence-corrected chi connectivity index (χ2v) is 4.81. The quantitative estimate of drug-likeness (QED) is 0.749. The number of amides is 1. The number of Topliss-reactive ketones (excluding diaryl/α,β-unsaturated/α-hetero) is 1. The van der Waals surface area contributed by atoms with Gasteiger partial charge in [-0.25, -0.2) is 0 Å². The minimum atomic E-state index is -0.113. The van der Waals surface area contributed by atoms with Crippen LogP contribution in [0.1, 0.15) is 31.1 Å². The Balaban J connectivity index is 2.78. The molecule has 0 atom stereocenters. The number of hydrogen-bond donors (Lipinski definition) is 0. The average molecular weight is 279 g/mol. The van der Waals surface area contributed by atoms with Crippen LogP contribution in [0, 0.1) is 0 Å². The van der Waals surface area contributed by atoms with Crippen molar-refractivity contribution in [1.82, 2.24) is 4.90 Å². The van der Waals surface area contributed by atoms with Gasteiger partial charge in [0.25, 0.3) is 5.91 Å². The summed E-state index contributed by atoms with van der Waals surface area (Å²) < 4.78 is 10.6. The highest BCUT2D eigenvalue weighted by molar-refractivity contribution is 5.94. The van der Waals surface area contributed by atoms with E-state index in [1.807, 2.05) is 13.8 Å². The monoisotopic (exact) mass is 279 g/mol. The zero-order chi connectivity index (χ0) is 15.3. The van der Waals surface area contributed by atoms with Gasteiger partial charge in [-0.3, -0.25) is 9.59 Å². The molecular formula is C15H21NO4. The fourth-order valence-electron chi connectivity index (χ4n) is 1.54. The van der Waals surface area contributed by atoms with Crippen LogP contribution in [-0.2, 0) is 4.79 Å². The minimum Gasteiger partial charge on any atom is -0.493 e. The molecule has 0 unspecified atom stereocenters. The van der Waals surface area contributed by atoms with Crippen LogP contribution in [-0.4, -0.2) is 43.4 Å². The summed E-state index contributed by atoms with van der Waals surface area (Å²) in [6, 6.07) is 5.01. The van der Waals surface area contributed by atoms with Crippen molar-refractivity contribution in [2.75, 3.05) is 20.8 Å². The number of likely N-dealkylation sites (N-methyl/N-ethyl adjacent to an activating group) is 1. The molecule has 0 spiro atoms. The Morgan fingerprint density at radius 2 is 1.90 bits per heavy atom. The van der Waals surface area contributed by atoms with Crippen LogP contribution in [0.4, 0.5) is 0 Å². The van der Waals surface area contributed by atoms with E-state index in [9.17, 15) is 9.59 Å². The molecule has 20 heavy (non-hydrogen) atoms. The molecule has 0 heterocycles. The van der Waals surface area contributed by atoms with Crippen LogP contribution >= 0.6 is 0 Å². The molecule has 1 rings (SSSR count). The lowest BCUT2D eigenvalue weighted by molar-refractivity contribution is -0.133. The molecular weight excluding hydrogens is 258 g/mol. The maximum absolute atomic E-state index is 11.8. The lowest BCUT2D eigenvalue weighted by atomic mass is 10.1. The number of hydrogen-bond acceptors (Lipinski definition) is 4. The van der Waals surface area contributed by atoms with Crippen molar-refractivity contribution >= 4 is 11.7 Å². The molecule has 0 aliphatic heterocycles. The van der Waals surface area contributed by atoms with Gasteiger partial charge in [0.05, 0.1) is 7.11 Å². The molecule has 110 valence electrons. The van der Waals surface area contributed by atoms with Gasteiger partial charge in [0.15, 0.2) is 23.9 Å². The Kier molecular flexibility index (Phi) is 5.55. The van der Waals surface area contributed by atoms with Gasteiger partial charge in [-0.15, -0.1) is 0 Å². The van der Waals surface area contributed by atoms with E-state index < -0.39 is 0 Å². The third kappa shape index (κ3) is 3.98. The molecule has 0 saturated heterocycles. The predicted octanol–water partition coefficient (Wildman–Crippen LogP) is 2.14. The van der Waals surface area contributed by atoms with Crippen LogP contribution in [0.15, 0.2) is 18.2 Å². The molecule has 5 heteroatoms. The zero-order valence-electron chi connectivity index (χ0n) is 12.6. The van der Waals surface area contributed by atoms with Gasteiger partial charge < -0.3 is 14.4 Å². The normalized spacial score (nSPS) is 10.3. The molecule has 1 aromatic rings.